The summed E-state index contributed by atoms with van der Waals surface area (Å²) in [4.78, 5) is 12.1. The molecule has 158 valence electrons. The van der Waals surface area contributed by atoms with E-state index in [4.69, 9.17) is 4.74 Å². The van der Waals surface area contributed by atoms with Gasteiger partial charge in [0.1, 0.15) is 12.4 Å². The maximum atomic E-state index is 12.8. The van der Waals surface area contributed by atoms with Gasteiger partial charge in [-0.05, 0) is 36.8 Å². The van der Waals surface area contributed by atoms with Gasteiger partial charge in [0.2, 0.25) is 5.91 Å². The molecule has 0 bridgehead atoms. The van der Waals surface area contributed by atoms with E-state index in [1.54, 1.807) is 11.6 Å². The molecule has 0 aliphatic carbocycles. The summed E-state index contributed by atoms with van der Waals surface area (Å²) in [5.41, 5.74) is 0.265. The van der Waals surface area contributed by atoms with Crippen LogP contribution in [0.3, 0.4) is 0 Å². The number of rotatable bonds is 7. The number of halogens is 3. The molecule has 0 saturated carbocycles. The van der Waals surface area contributed by atoms with Crippen LogP contribution in [0.4, 0.5) is 18.9 Å². The Morgan fingerprint density at radius 3 is 2.67 bits per heavy atom. The molecule has 0 radical (unpaired) electrons. The molecule has 6 nitrogen and oxygen atoms in total. The van der Waals surface area contributed by atoms with Crippen molar-refractivity contribution in [2.75, 3.05) is 11.1 Å². The van der Waals surface area contributed by atoms with E-state index in [0.29, 0.717) is 11.0 Å². The topological polar surface area (TPSA) is 69.0 Å². The Kier molecular flexibility index (Phi) is 6.66. The van der Waals surface area contributed by atoms with Crippen LogP contribution in [0, 0.1) is 6.92 Å². The van der Waals surface area contributed by atoms with Gasteiger partial charge in [0, 0.05) is 12.7 Å². The molecule has 30 heavy (non-hydrogen) atoms. The number of carbonyl (C=O) groups is 1. The summed E-state index contributed by atoms with van der Waals surface area (Å²) in [6, 6.07) is 12.1. The van der Waals surface area contributed by atoms with Crippen molar-refractivity contribution in [2.45, 2.75) is 24.9 Å². The minimum atomic E-state index is -4.47. The van der Waals surface area contributed by atoms with Crippen molar-refractivity contribution in [3.63, 3.8) is 0 Å². The highest BCUT2D eigenvalue weighted by atomic mass is 32.2. The summed E-state index contributed by atoms with van der Waals surface area (Å²) >= 11 is 1.13. The number of anilines is 1. The van der Waals surface area contributed by atoms with Gasteiger partial charge in [0.15, 0.2) is 11.0 Å². The predicted octanol–water partition coefficient (Wildman–Crippen LogP) is 4.45. The van der Waals surface area contributed by atoms with Crippen molar-refractivity contribution in [1.82, 2.24) is 14.8 Å². The van der Waals surface area contributed by atoms with E-state index in [1.807, 2.05) is 31.2 Å². The maximum Gasteiger partial charge on any atom is 0.416 e. The molecule has 0 fully saturated rings. The van der Waals surface area contributed by atoms with E-state index in [2.05, 4.69) is 15.5 Å². The third-order valence-electron chi connectivity index (χ3n) is 4.18. The number of alkyl halides is 3. The lowest BCUT2D eigenvalue weighted by atomic mass is 10.2. The number of thioether (sulfide) groups is 1. The Hall–Kier alpha value is -3.01. The fourth-order valence-corrected chi connectivity index (χ4v) is 3.29. The lowest BCUT2D eigenvalue weighted by Crippen LogP contribution is -2.15. The minimum absolute atomic E-state index is 0.0269. The Morgan fingerprint density at radius 2 is 1.93 bits per heavy atom. The van der Waals surface area contributed by atoms with E-state index in [1.165, 1.54) is 12.1 Å². The smallest absolute Gasteiger partial charge is 0.416 e. The third-order valence-corrected chi connectivity index (χ3v) is 5.20. The number of nitrogens with zero attached hydrogens (tertiary/aromatic N) is 3. The SMILES string of the molecule is Cc1ccccc1OCc1nnc(SCC(=O)Nc2cccc(C(F)(F)F)c2)n1C. The molecule has 0 spiro atoms. The number of amides is 1. The standard InChI is InChI=1S/C20H19F3N4O2S/c1-13-6-3-4-9-16(13)29-11-17-25-26-19(27(17)2)30-12-18(28)24-15-8-5-7-14(10-15)20(21,22)23/h3-10H,11-12H2,1-2H3,(H,24,28). The molecule has 10 heteroatoms. The van der Waals surface area contributed by atoms with Gasteiger partial charge in [0.25, 0.3) is 0 Å². The van der Waals surface area contributed by atoms with Crippen LogP contribution >= 0.6 is 11.8 Å². The second-order valence-corrected chi connectivity index (χ2v) is 7.37. The monoisotopic (exact) mass is 436 g/mol. The average molecular weight is 436 g/mol. The lowest BCUT2D eigenvalue weighted by molar-refractivity contribution is -0.137. The number of aromatic nitrogens is 3. The predicted molar refractivity (Wildman–Crippen MR) is 107 cm³/mol. The van der Waals surface area contributed by atoms with E-state index in [-0.39, 0.29) is 18.0 Å². The van der Waals surface area contributed by atoms with Gasteiger partial charge < -0.3 is 14.6 Å². The maximum absolute atomic E-state index is 12.8. The fourth-order valence-electron chi connectivity index (χ4n) is 2.56. The molecule has 0 atom stereocenters. The molecule has 1 heterocycles. The Bertz CT molecular complexity index is 1040. The molecular weight excluding hydrogens is 417 g/mol. The zero-order valence-corrected chi connectivity index (χ0v) is 17.0. The van der Waals surface area contributed by atoms with Crippen molar-refractivity contribution in [2.24, 2.45) is 7.05 Å². The molecule has 3 rings (SSSR count). The first-order chi connectivity index (χ1) is 14.2. The number of nitrogens with one attached hydrogen (secondary N) is 1. The molecular formula is C20H19F3N4O2S. The van der Waals surface area contributed by atoms with E-state index in [9.17, 15) is 18.0 Å². The summed E-state index contributed by atoms with van der Waals surface area (Å²) in [6.07, 6.45) is -4.47. The summed E-state index contributed by atoms with van der Waals surface area (Å²) < 4.78 is 45.8. The number of aryl methyl sites for hydroxylation is 1. The van der Waals surface area contributed by atoms with Crippen molar-refractivity contribution < 1.29 is 22.7 Å². The second-order valence-electron chi connectivity index (χ2n) is 6.43. The highest BCUT2D eigenvalue weighted by molar-refractivity contribution is 7.99. The molecule has 0 aliphatic heterocycles. The summed E-state index contributed by atoms with van der Waals surface area (Å²) in [7, 11) is 1.75. The highest BCUT2D eigenvalue weighted by Gasteiger charge is 2.30. The van der Waals surface area contributed by atoms with Crippen LogP contribution in [0.5, 0.6) is 5.75 Å². The van der Waals surface area contributed by atoms with Crippen LogP contribution in [-0.4, -0.2) is 26.4 Å². The Morgan fingerprint density at radius 1 is 1.17 bits per heavy atom. The largest absolute Gasteiger partial charge is 0.485 e. The summed E-state index contributed by atoms with van der Waals surface area (Å²) in [6.45, 7) is 2.15. The van der Waals surface area contributed by atoms with Crippen molar-refractivity contribution in [1.29, 1.82) is 0 Å². The van der Waals surface area contributed by atoms with E-state index < -0.39 is 17.6 Å². The molecule has 2 aromatic carbocycles. The Balaban J connectivity index is 1.55. The quantitative estimate of drug-likeness (QED) is 0.554. The van der Waals surface area contributed by atoms with Gasteiger partial charge in [0.05, 0.1) is 11.3 Å². The lowest BCUT2D eigenvalue weighted by Gasteiger charge is -2.10. The zero-order valence-electron chi connectivity index (χ0n) is 16.2. The number of ether oxygens (including phenoxy) is 1. The number of para-hydroxylation sites is 1. The van der Waals surface area contributed by atoms with Crippen LogP contribution in [-0.2, 0) is 24.6 Å². The van der Waals surface area contributed by atoms with E-state index in [0.717, 1.165) is 35.2 Å². The van der Waals surface area contributed by atoms with Gasteiger partial charge in [-0.1, -0.05) is 36.0 Å². The van der Waals surface area contributed by atoms with Crippen LogP contribution in [0.2, 0.25) is 0 Å². The molecule has 0 aliphatic rings. The van der Waals surface area contributed by atoms with Crippen LogP contribution in [0.1, 0.15) is 17.0 Å². The summed E-state index contributed by atoms with van der Waals surface area (Å²) in [5, 5.41) is 11.1. The molecule has 1 amide bonds. The first kappa shape index (κ1) is 21.7. The minimum Gasteiger partial charge on any atom is -0.485 e. The Labute approximate surface area is 175 Å². The van der Waals surface area contributed by atoms with Crippen molar-refractivity contribution >= 4 is 23.4 Å². The van der Waals surface area contributed by atoms with Gasteiger partial charge in [-0.15, -0.1) is 10.2 Å². The van der Waals surface area contributed by atoms with Crippen LogP contribution < -0.4 is 10.1 Å². The average Bonchev–Trinajstić information content (AvgIpc) is 3.05. The number of carbonyl (C=O) groups excluding carboxylic acids is 1. The molecule has 1 aromatic heterocycles. The molecule has 0 saturated heterocycles. The van der Waals surface area contributed by atoms with Crippen molar-refractivity contribution in [3.8, 4) is 5.75 Å². The zero-order chi connectivity index (χ0) is 21.7. The fraction of sp³-hybridized carbons (Fsp3) is 0.250. The van der Waals surface area contributed by atoms with Gasteiger partial charge in [-0.2, -0.15) is 13.2 Å². The number of hydrogen-bond donors (Lipinski definition) is 1. The van der Waals surface area contributed by atoms with E-state index >= 15 is 0 Å². The first-order valence-electron chi connectivity index (χ1n) is 8.90. The molecule has 3 aromatic rings. The first-order valence-corrected chi connectivity index (χ1v) is 9.89. The third kappa shape index (κ3) is 5.53. The van der Waals surface area contributed by atoms with Gasteiger partial charge in [-0.3, -0.25) is 4.79 Å². The van der Waals surface area contributed by atoms with Crippen LogP contribution in [0.15, 0.2) is 53.7 Å². The van der Waals surface area contributed by atoms with Crippen LogP contribution in [0.25, 0.3) is 0 Å². The van der Waals surface area contributed by atoms with Crippen molar-refractivity contribution in [3.05, 3.63) is 65.5 Å². The number of benzene rings is 2. The second kappa shape index (κ2) is 9.21. The van der Waals surface area contributed by atoms with Gasteiger partial charge >= 0.3 is 6.18 Å². The molecule has 1 N–H and O–H groups in total. The number of hydrogen-bond acceptors (Lipinski definition) is 5. The highest BCUT2D eigenvalue weighted by Crippen LogP contribution is 2.30. The normalized spacial score (nSPS) is 11.4. The van der Waals surface area contributed by atoms with Gasteiger partial charge in [-0.25, -0.2) is 0 Å². The summed E-state index contributed by atoms with van der Waals surface area (Å²) in [5.74, 6) is 0.857. The molecule has 0 unspecified atom stereocenters.